The second-order valence-electron chi connectivity index (χ2n) is 7.16. The molecule has 1 unspecified atom stereocenters. The Bertz CT molecular complexity index is 566. The highest BCUT2D eigenvalue weighted by molar-refractivity contribution is 7.46. The van der Waals surface area contributed by atoms with Gasteiger partial charge in [-0.25, -0.2) is 4.57 Å². The average Bonchev–Trinajstić information content (AvgIpc) is 2.64. The number of phosphoric ester groups is 1. The van der Waals surface area contributed by atoms with E-state index in [1.54, 1.807) is 0 Å². The number of benzene rings is 1. The molecule has 5 N–H and O–H groups in total. The maximum absolute atomic E-state index is 12.0. The van der Waals surface area contributed by atoms with Crippen LogP contribution in [0.25, 0.3) is 0 Å². The molecule has 0 aliphatic carbocycles. The van der Waals surface area contributed by atoms with Crippen molar-refractivity contribution in [2.75, 3.05) is 19.9 Å². The lowest BCUT2D eigenvalue weighted by atomic mass is 9.93. The third-order valence-electron chi connectivity index (χ3n) is 4.62. The normalized spacial score (nSPS) is 14.3. The molecule has 1 atom stereocenters. The van der Waals surface area contributed by atoms with Crippen LogP contribution in [-0.4, -0.2) is 40.3 Å². The summed E-state index contributed by atoms with van der Waals surface area (Å²) >= 11 is 0. The van der Waals surface area contributed by atoms with Crippen LogP contribution in [0.5, 0.6) is 0 Å². The van der Waals surface area contributed by atoms with Crippen molar-refractivity contribution < 1.29 is 28.4 Å². The summed E-state index contributed by atoms with van der Waals surface area (Å²) < 4.78 is 27.2. The number of aliphatic hydroxyl groups is 1. The number of halogens is 1. The first-order valence-electron chi connectivity index (χ1n) is 9.52. The second-order valence-corrected chi connectivity index (χ2v) is 8.40. The predicted octanol–water partition coefficient (Wildman–Crippen LogP) is 3.27. The third-order valence-corrected chi connectivity index (χ3v) is 5.08. The summed E-state index contributed by atoms with van der Waals surface area (Å²) in [5, 5.41) is 9.42. The van der Waals surface area contributed by atoms with Crippen molar-refractivity contribution >= 4 is 7.82 Å². The fourth-order valence-electron chi connectivity index (χ4n) is 2.81. The zero-order valence-corrected chi connectivity index (χ0v) is 16.7. The minimum Gasteiger partial charge on any atom is -0.394 e. The first-order chi connectivity index (χ1) is 12.8. The second kappa shape index (κ2) is 12.6. The highest BCUT2D eigenvalue weighted by Crippen LogP contribution is 2.36. The lowest BCUT2D eigenvalue weighted by Crippen LogP contribution is -2.48. The molecule has 0 aromatic heterocycles. The van der Waals surface area contributed by atoms with E-state index in [0.29, 0.717) is 19.3 Å². The van der Waals surface area contributed by atoms with Crippen molar-refractivity contribution in [2.24, 2.45) is 5.73 Å². The van der Waals surface area contributed by atoms with E-state index in [4.69, 9.17) is 15.5 Å². The summed E-state index contributed by atoms with van der Waals surface area (Å²) in [5.41, 5.74) is 7.08. The Morgan fingerprint density at radius 2 is 1.48 bits per heavy atom. The number of unbranched alkanes of at least 4 members (excludes halogenated alkanes) is 5. The highest BCUT2D eigenvalue weighted by Gasteiger charge is 2.28. The fourth-order valence-corrected chi connectivity index (χ4v) is 3.23. The van der Waals surface area contributed by atoms with Crippen LogP contribution >= 0.6 is 7.82 Å². The van der Waals surface area contributed by atoms with Crippen LogP contribution in [-0.2, 0) is 21.9 Å². The van der Waals surface area contributed by atoms with Gasteiger partial charge in [-0.2, -0.15) is 0 Å². The molecule has 0 bridgehead atoms. The molecule has 0 aliphatic rings. The SMILES string of the molecule is NC(CO)(CCc1ccc(CCCCCCCCF)cc1)COP(=O)(O)O. The maximum Gasteiger partial charge on any atom is 0.469 e. The van der Waals surface area contributed by atoms with E-state index in [0.717, 1.165) is 44.1 Å². The van der Waals surface area contributed by atoms with Gasteiger partial charge in [-0.15, -0.1) is 0 Å². The van der Waals surface area contributed by atoms with Gasteiger partial charge in [0.15, 0.2) is 0 Å². The topological polar surface area (TPSA) is 113 Å². The number of rotatable bonds is 15. The smallest absolute Gasteiger partial charge is 0.394 e. The van der Waals surface area contributed by atoms with Gasteiger partial charge in [0, 0.05) is 0 Å². The molecule has 0 saturated carbocycles. The van der Waals surface area contributed by atoms with Crippen LogP contribution in [0.2, 0.25) is 0 Å². The Kier molecular flexibility index (Phi) is 11.3. The fraction of sp³-hybridized carbons (Fsp3) is 0.684. The van der Waals surface area contributed by atoms with Gasteiger partial charge in [0.25, 0.3) is 0 Å². The maximum atomic E-state index is 12.0. The van der Waals surface area contributed by atoms with Gasteiger partial charge in [-0.1, -0.05) is 49.9 Å². The third kappa shape index (κ3) is 11.6. The Labute approximate surface area is 161 Å². The molecule has 0 spiro atoms. The van der Waals surface area contributed by atoms with E-state index in [-0.39, 0.29) is 6.67 Å². The van der Waals surface area contributed by atoms with Crippen LogP contribution in [0.15, 0.2) is 24.3 Å². The van der Waals surface area contributed by atoms with E-state index in [1.165, 1.54) is 5.56 Å². The summed E-state index contributed by atoms with van der Waals surface area (Å²) in [4.78, 5) is 17.5. The van der Waals surface area contributed by atoms with Crippen molar-refractivity contribution in [2.45, 2.75) is 63.3 Å². The van der Waals surface area contributed by atoms with Gasteiger partial charge in [-0.05, 0) is 43.2 Å². The Hall–Kier alpha value is -0.820. The summed E-state index contributed by atoms with van der Waals surface area (Å²) in [6.45, 7) is -1.04. The molecule has 8 heteroatoms. The summed E-state index contributed by atoms with van der Waals surface area (Å²) in [6, 6.07) is 8.17. The predicted molar refractivity (Wildman–Crippen MR) is 104 cm³/mol. The molecule has 0 fully saturated rings. The number of hydrogen-bond acceptors (Lipinski definition) is 4. The Morgan fingerprint density at radius 1 is 0.963 bits per heavy atom. The molecular formula is C19H33FNO5P. The van der Waals surface area contributed by atoms with E-state index < -0.39 is 26.6 Å². The molecule has 6 nitrogen and oxygen atoms in total. The highest BCUT2D eigenvalue weighted by atomic mass is 31.2. The first kappa shape index (κ1) is 24.2. The van der Waals surface area contributed by atoms with Gasteiger partial charge >= 0.3 is 7.82 Å². The lowest BCUT2D eigenvalue weighted by molar-refractivity contribution is 0.102. The van der Waals surface area contributed by atoms with E-state index in [2.05, 4.69) is 16.7 Å². The molecule has 27 heavy (non-hydrogen) atoms. The number of aryl methyl sites for hydroxylation is 2. The van der Waals surface area contributed by atoms with Crippen molar-refractivity contribution in [3.63, 3.8) is 0 Å². The van der Waals surface area contributed by atoms with E-state index in [9.17, 15) is 14.1 Å². The zero-order valence-electron chi connectivity index (χ0n) is 15.9. The van der Waals surface area contributed by atoms with Crippen molar-refractivity contribution in [1.82, 2.24) is 0 Å². The average molecular weight is 405 g/mol. The minimum atomic E-state index is -4.61. The number of aliphatic hydroxyl groups excluding tert-OH is 1. The van der Waals surface area contributed by atoms with Crippen LogP contribution in [0.4, 0.5) is 4.39 Å². The van der Waals surface area contributed by atoms with E-state index >= 15 is 0 Å². The van der Waals surface area contributed by atoms with Gasteiger partial charge in [0.2, 0.25) is 0 Å². The Balaban J connectivity index is 2.33. The molecule has 0 saturated heterocycles. The molecular weight excluding hydrogens is 372 g/mol. The summed E-state index contributed by atoms with van der Waals surface area (Å²) in [7, 11) is -4.61. The van der Waals surface area contributed by atoms with Gasteiger partial charge in [0.05, 0.1) is 25.4 Å². The standard InChI is InChI=1S/C19H33FNO5P/c20-14-6-4-2-1-3-5-7-17-8-10-18(11-9-17)12-13-19(21,15-22)16-26-27(23,24)25/h8-11,22H,1-7,12-16,21H2,(H2,23,24,25). The van der Waals surface area contributed by atoms with Gasteiger partial charge < -0.3 is 20.6 Å². The first-order valence-corrected chi connectivity index (χ1v) is 11.0. The van der Waals surface area contributed by atoms with Crippen LogP contribution < -0.4 is 5.73 Å². The molecule has 1 aromatic rings. The lowest BCUT2D eigenvalue weighted by Gasteiger charge is -2.27. The quantitative estimate of drug-likeness (QED) is 0.263. The molecule has 1 aromatic carbocycles. The van der Waals surface area contributed by atoms with E-state index in [1.807, 2.05) is 12.1 Å². The Morgan fingerprint density at radius 3 is 2.00 bits per heavy atom. The molecule has 156 valence electrons. The van der Waals surface area contributed by atoms with Crippen molar-refractivity contribution in [3.8, 4) is 0 Å². The minimum absolute atomic E-state index is 0.216. The number of hydrogen-bond donors (Lipinski definition) is 4. The van der Waals surface area contributed by atoms with Gasteiger partial charge in [-0.3, -0.25) is 8.91 Å². The number of phosphoric acid groups is 1. The molecule has 0 radical (unpaired) electrons. The summed E-state index contributed by atoms with van der Waals surface area (Å²) in [6.07, 6.45) is 8.10. The van der Waals surface area contributed by atoms with Crippen molar-refractivity contribution in [3.05, 3.63) is 35.4 Å². The summed E-state index contributed by atoms with van der Waals surface area (Å²) in [5.74, 6) is 0. The zero-order chi connectivity index (χ0) is 20.2. The monoisotopic (exact) mass is 405 g/mol. The number of nitrogens with two attached hydrogens (primary N) is 1. The molecule has 0 amide bonds. The molecule has 1 rings (SSSR count). The number of alkyl halides is 1. The molecule has 0 aliphatic heterocycles. The molecule has 0 heterocycles. The van der Waals surface area contributed by atoms with Crippen LogP contribution in [0.3, 0.4) is 0 Å². The van der Waals surface area contributed by atoms with Crippen LogP contribution in [0.1, 0.15) is 56.1 Å². The largest absolute Gasteiger partial charge is 0.469 e. The van der Waals surface area contributed by atoms with Gasteiger partial charge in [0.1, 0.15) is 0 Å². The van der Waals surface area contributed by atoms with Crippen molar-refractivity contribution in [1.29, 1.82) is 0 Å². The van der Waals surface area contributed by atoms with Crippen LogP contribution in [0, 0.1) is 0 Å².